The zero-order chi connectivity index (χ0) is 17.4. The van der Waals surface area contributed by atoms with Crippen LogP contribution >= 0.6 is 0 Å². The van der Waals surface area contributed by atoms with Crippen LogP contribution in [0.5, 0.6) is 0 Å². The second kappa shape index (κ2) is 6.64. The lowest BCUT2D eigenvalue weighted by Crippen LogP contribution is -2.50. The first kappa shape index (κ1) is 16.3. The molecule has 0 bridgehead atoms. The van der Waals surface area contributed by atoms with Gasteiger partial charge in [0.25, 0.3) is 0 Å². The van der Waals surface area contributed by atoms with Crippen molar-refractivity contribution < 1.29 is 4.79 Å². The lowest BCUT2D eigenvalue weighted by molar-refractivity contribution is -0.136. The number of fused-ring (bicyclic) bond motifs is 2. The molecule has 132 valence electrons. The summed E-state index contributed by atoms with van der Waals surface area (Å²) >= 11 is 0. The molecule has 1 atom stereocenters. The standard InChI is InChI=1S/C20H26N4O/c1-3-24-12-15-8-5-4-7-14(15)11-19(24)20(25)23(2)13-18-16-9-6-10-17(16)21-22-18/h4-5,7-8,19H,3,6,9-13H2,1-2H3,(H,21,22). The first-order valence-corrected chi connectivity index (χ1v) is 9.28. The summed E-state index contributed by atoms with van der Waals surface area (Å²) in [5.74, 6) is 0.200. The Labute approximate surface area is 149 Å². The van der Waals surface area contributed by atoms with Gasteiger partial charge in [-0.2, -0.15) is 5.10 Å². The van der Waals surface area contributed by atoms with Crippen molar-refractivity contribution in [3.63, 3.8) is 0 Å². The van der Waals surface area contributed by atoms with E-state index in [4.69, 9.17) is 0 Å². The van der Waals surface area contributed by atoms with Crippen LogP contribution in [0.15, 0.2) is 24.3 Å². The van der Waals surface area contributed by atoms with Crippen molar-refractivity contribution in [2.75, 3.05) is 13.6 Å². The van der Waals surface area contributed by atoms with Crippen LogP contribution in [0.25, 0.3) is 0 Å². The molecule has 0 saturated carbocycles. The summed E-state index contributed by atoms with van der Waals surface area (Å²) < 4.78 is 0. The number of likely N-dealkylation sites (N-methyl/N-ethyl adjacent to an activating group) is 2. The average molecular weight is 338 g/mol. The number of hydrogen-bond donors (Lipinski definition) is 1. The number of nitrogens with zero attached hydrogens (tertiary/aromatic N) is 3. The van der Waals surface area contributed by atoms with Crippen molar-refractivity contribution in [3.05, 3.63) is 52.3 Å². The minimum absolute atomic E-state index is 0.0723. The first-order chi connectivity index (χ1) is 12.2. The molecule has 1 aliphatic carbocycles. The second-order valence-electron chi connectivity index (χ2n) is 7.23. The van der Waals surface area contributed by atoms with Crippen LogP contribution < -0.4 is 0 Å². The molecule has 1 N–H and O–H groups in total. The third kappa shape index (κ3) is 2.97. The number of aromatic amines is 1. The molecule has 2 aromatic rings. The predicted octanol–water partition coefficient (Wildman–Crippen LogP) is 2.30. The zero-order valence-electron chi connectivity index (χ0n) is 15.1. The molecule has 5 heteroatoms. The Balaban J connectivity index is 1.51. The van der Waals surface area contributed by atoms with Crippen molar-refractivity contribution in [3.8, 4) is 0 Å². The summed E-state index contributed by atoms with van der Waals surface area (Å²) in [5.41, 5.74) is 6.29. The quantitative estimate of drug-likeness (QED) is 0.931. The van der Waals surface area contributed by atoms with Gasteiger partial charge in [-0.25, -0.2) is 0 Å². The van der Waals surface area contributed by atoms with Gasteiger partial charge in [-0.3, -0.25) is 14.8 Å². The second-order valence-corrected chi connectivity index (χ2v) is 7.23. The first-order valence-electron chi connectivity index (χ1n) is 9.28. The minimum Gasteiger partial charge on any atom is -0.338 e. The average Bonchev–Trinajstić information content (AvgIpc) is 3.25. The van der Waals surface area contributed by atoms with Gasteiger partial charge in [-0.15, -0.1) is 0 Å². The van der Waals surface area contributed by atoms with Crippen molar-refractivity contribution in [2.24, 2.45) is 0 Å². The van der Waals surface area contributed by atoms with Gasteiger partial charge in [0.15, 0.2) is 0 Å². The molecule has 2 aliphatic rings. The van der Waals surface area contributed by atoms with Crippen LogP contribution in [0, 0.1) is 0 Å². The summed E-state index contributed by atoms with van der Waals surface area (Å²) in [6.07, 6.45) is 4.16. The van der Waals surface area contributed by atoms with Crippen molar-refractivity contribution in [1.82, 2.24) is 20.0 Å². The number of H-pyrrole nitrogens is 1. The molecule has 5 nitrogen and oxygen atoms in total. The van der Waals surface area contributed by atoms with E-state index < -0.39 is 0 Å². The van der Waals surface area contributed by atoms with Gasteiger partial charge in [0.05, 0.1) is 18.3 Å². The number of amides is 1. The maximum absolute atomic E-state index is 13.1. The third-order valence-electron chi connectivity index (χ3n) is 5.69. The number of hydrogen-bond acceptors (Lipinski definition) is 3. The van der Waals surface area contributed by atoms with E-state index in [1.165, 1.54) is 28.8 Å². The van der Waals surface area contributed by atoms with E-state index in [9.17, 15) is 4.79 Å². The van der Waals surface area contributed by atoms with Crippen LogP contribution in [-0.2, 0) is 37.1 Å². The number of nitrogens with one attached hydrogen (secondary N) is 1. The summed E-state index contributed by atoms with van der Waals surface area (Å²) in [4.78, 5) is 17.3. The maximum Gasteiger partial charge on any atom is 0.240 e. The minimum atomic E-state index is -0.0723. The molecular formula is C20H26N4O. The van der Waals surface area contributed by atoms with Crippen molar-refractivity contribution >= 4 is 5.91 Å². The molecule has 1 unspecified atom stereocenters. The molecule has 1 aliphatic heterocycles. The van der Waals surface area contributed by atoms with E-state index >= 15 is 0 Å². The Bertz CT molecular complexity index is 782. The molecule has 0 fully saturated rings. The fraction of sp³-hybridized carbons (Fsp3) is 0.500. The van der Waals surface area contributed by atoms with Gasteiger partial charge in [0.1, 0.15) is 0 Å². The highest BCUT2D eigenvalue weighted by atomic mass is 16.2. The van der Waals surface area contributed by atoms with Gasteiger partial charge < -0.3 is 4.90 Å². The molecular weight excluding hydrogens is 312 g/mol. The largest absolute Gasteiger partial charge is 0.338 e. The van der Waals surface area contributed by atoms with E-state index in [0.717, 1.165) is 38.0 Å². The Morgan fingerprint density at radius 1 is 1.32 bits per heavy atom. The third-order valence-corrected chi connectivity index (χ3v) is 5.69. The Kier molecular flexibility index (Phi) is 4.34. The number of rotatable bonds is 4. The smallest absolute Gasteiger partial charge is 0.240 e. The molecule has 1 amide bonds. The van der Waals surface area contributed by atoms with E-state index in [-0.39, 0.29) is 11.9 Å². The molecule has 0 radical (unpaired) electrons. The van der Waals surface area contributed by atoms with E-state index in [2.05, 4.69) is 46.3 Å². The molecule has 0 spiro atoms. The molecule has 1 aromatic carbocycles. The van der Waals surface area contributed by atoms with Crippen LogP contribution in [0.3, 0.4) is 0 Å². The zero-order valence-corrected chi connectivity index (χ0v) is 15.1. The van der Waals surface area contributed by atoms with E-state index in [1.54, 1.807) is 0 Å². The van der Waals surface area contributed by atoms with Gasteiger partial charge in [-0.1, -0.05) is 31.2 Å². The van der Waals surface area contributed by atoms with Crippen LogP contribution in [0.4, 0.5) is 0 Å². The lowest BCUT2D eigenvalue weighted by Gasteiger charge is -2.37. The summed E-state index contributed by atoms with van der Waals surface area (Å²) in [6, 6.07) is 8.41. The van der Waals surface area contributed by atoms with E-state index in [0.29, 0.717) is 6.54 Å². The van der Waals surface area contributed by atoms with Gasteiger partial charge >= 0.3 is 0 Å². The monoisotopic (exact) mass is 338 g/mol. The fourth-order valence-electron chi connectivity index (χ4n) is 4.23. The number of carbonyl (C=O) groups is 1. The van der Waals surface area contributed by atoms with Crippen LogP contribution in [-0.4, -0.2) is 45.5 Å². The topological polar surface area (TPSA) is 52.2 Å². The van der Waals surface area contributed by atoms with Gasteiger partial charge in [0.2, 0.25) is 5.91 Å². The number of aromatic nitrogens is 2. The van der Waals surface area contributed by atoms with E-state index in [1.807, 2.05) is 11.9 Å². The molecule has 1 aromatic heterocycles. The summed E-state index contributed by atoms with van der Waals surface area (Å²) in [7, 11) is 1.91. The Morgan fingerprint density at radius 2 is 2.12 bits per heavy atom. The summed E-state index contributed by atoms with van der Waals surface area (Å²) in [6.45, 7) is 4.47. The lowest BCUT2D eigenvalue weighted by atomic mass is 9.93. The van der Waals surface area contributed by atoms with Crippen molar-refractivity contribution in [2.45, 2.75) is 51.7 Å². The van der Waals surface area contributed by atoms with Gasteiger partial charge in [-0.05, 0) is 48.9 Å². The maximum atomic E-state index is 13.1. The normalized spacial score (nSPS) is 19.5. The highest BCUT2D eigenvalue weighted by Crippen LogP contribution is 2.26. The highest BCUT2D eigenvalue weighted by Gasteiger charge is 2.32. The number of aryl methyl sites for hydroxylation is 1. The van der Waals surface area contributed by atoms with Crippen LogP contribution in [0.2, 0.25) is 0 Å². The Hall–Kier alpha value is -2.14. The molecule has 4 rings (SSSR count). The summed E-state index contributed by atoms with van der Waals surface area (Å²) in [5, 5.41) is 7.59. The Morgan fingerprint density at radius 3 is 2.92 bits per heavy atom. The molecule has 0 saturated heterocycles. The predicted molar refractivity (Wildman–Crippen MR) is 97.1 cm³/mol. The number of carbonyl (C=O) groups excluding carboxylic acids is 1. The van der Waals surface area contributed by atoms with Gasteiger partial charge in [0, 0.05) is 19.3 Å². The number of benzene rings is 1. The SMILES string of the molecule is CCN1Cc2ccccc2CC1C(=O)N(C)Cc1n[nH]c2c1CCC2. The van der Waals surface area contributed by atoms with Crippen LogP contribution in [0.1, 0.15) is 41.4 Å². The molecule has 25 heavy (non-hydrogen) atoms. The highest BCUT2D eigenvalue weighted by molar-refractivity contribution is 5.82. The molecule has 2 heterocycles. The fourth-order valence-corrected chi connectivity index (χ4v) is 4.23. The van der Waals surface area contributed by atoms with Crippen molar-refractivity contribution in [1.29, 1.82) is 0 Å².